The van der Waals surface area contributed by atoms with Crippen molar-refractivity contribution in [2.45, 2.75) is 58.0 Å². The number of rotatable bonds is 8. The number of aryl methyl sites for hydroxylation is 1. The number of benzene rings is 2. The molecule has 0 atom stereocenters. The number of tetrazole rings is 1. The van der Waals surface area contributed by atoms with Gasteiger partial charge in [0.1, 0.15) is 5.82 Å². The Bertz CT molecular complexity index is 1240. The van der Waals surface area contributed by atoms with Crippen molar-refractivity contribution in [3.8, 4) is 22.5 Å². The first kappa shape index (κ1) is 21.9. The lowest BCUT2D eigenvalue weighted by Crippen LogP contribution is -2.33. The molecule has 1 aliphatic carbocycles. The van der Waals surface area contributed by atoms with E-state index in [0.29, 0.717) is 12.2 Å². The SMILES string of the molecule is CCCn1nc(C(=O)NC2CCCC2)nc1Cc1ccc(-c2ccccc2-c2nn[nH]n2)cc1. The third-order valence-corrected chi connectivity index (χ3v) is 6.22. The third kappa shape index (κ3) is 4.73. The van der Waals surface area contributed by atoms with E-state index in [1.165, 1.54) is 12.8 Å². The molecule has 2 heterocycles. The molecule has 1 amide bonds. The molecule has 9 nitrogen and oxygen atoms in total. The van der Waals surface area contributed by atoms with Crippen molar-refractivity contribution in [3.63, 3.8) is 0 Å². The maximum atomic E-state index is 12.7. The van der Waals surface area contributed by atoms with Gasteiger partial charge in [-0.1, -0.05) is 68.3 Å². The molecule has 0 aliphatic heterocycles. The van der Waals surface area contributed by atoms with Gasteiger partial charge in [0.25, 0.3) is 5.91 Å². The normalized spacial score (nSPS) is 13.9. The summed E-state index contributed by atoms with van der Waals surface area (Å²) >= 11 is 0. The zero-order valence-electron chi connectivity index (χ0n) is 19.2. The summed E-state index contributed by atoms with van der Waals surface area (Å²) < 4.78 is 1.86. The van der Waals surface area contributed by atoms with Crippen LogP contribution in [0.15, 0.2) is 48.5 Å². The molecule has 0 radical (unpaired) electrons. The van der Waals surface area contributed by atoms with E-state index in [-0.39, 0.29) is 17.8 Å². The van der Waals surface area contributed by atoms with Gasteiger partial charge >= 0.3 is 0 Å². The molecule has 0 saturated heterocycles. The molecule has 0 unspecified atom stereocenters. The van der Waals surface area contributed by atoms with Crippen LogP contribution in [-0.2, 0) is 13.0 Å². The minimum atomic E-state index is -0.170. The molecular formula is C25H28N8O. The summed E-state index contributed by atoms with van der Waals surface area (Å²) in [4.78, 5) is 17.3. The van der Waals surface area contributed by atoms with Gasteiger partial charge in [-0.2, -0.15) is 5.21 Å². The quantitative estimate of drug-likeness (QED) is 0.417. The Kier molecular flexibility index (Phi) is 6.42. The van der Waals surface area contributed by atoms with Crippen LogP contribution in [-0.4, -0.2) is 47.3 Å². The summed E-state index contributed by atoms with van der Waals surface area (Å²) in [6.07, 6.45) is 5.95. The van der Waals surface area contributed by atoms with Gasteiger partial charge in [-0.05, 0) is 41.2 Å². The zero-order chi connectivity index (χ0) is 23.3. The molecule has 2 N–H and O–H groups in total. The summed E-state index contributed by atoms with van der Waals surface area (Å²) in [6, 6.07) is 16.6. The summed E-state index contributed by atoms with van der Waals surface area (Å²) in [5.74, 6) is 1.46. The lowest BCUT2D eigenvalue weighted by atomic mass is 9.98. The first-order valence-corrected chi connectivity index (χ1v) is 11.9. The number of carbonyl (C=O) groups excluding carboxylic acids is 1. The highest BCUT2D eigenvalue weighted by atomic mass is 16.2. The van der Waals surface area contributed by atoms with Gasteiger partial charge in [0.2, 0.25) is 11.6 Å². The van der Waals surface area contributed by atoms with E-state index in [2.05, 4.69) is 67.2 Å². The van der Waals surface area contributed by atoms with E-state index in [0.717, 1.165) is 53.9 Å². The second kappa shape index (κ2) is 9.94. The Morgan fingerprint density at radius 2 is 1.85 bits per heavy atom. The molecule has 2 aromatic heterocycles. The van der Waals surface area contributed by atoms with Crippen LogP contribution in [0, 0.1) is 0 Å². The van der Waals surface area contributed by atoms with Crippen molar-refractivity contribution >= 4 is 5.91 Å². The highest BCUT2D eigenvalue weighted by molar-refractivity contribution is 5.90. The first-order chi connectivity index (χ1) is 16.7. The molecular weight excluding hydrogens is 428 g/mol. The van der Waals surface area contributed by atoms with Crippen LogP contribution in [0.25, 0.3) is 22.5 Å². The smallest absolute Gasteiger partial charge is 0.291 e. The van der Waals surface area contributed by atoms with Crippen molar-refractivity contribution < 1.29 is 4.79 Å². The van der Waals surface area contributed by atoms with E-state index in [1.54, 1.807) is 0 Å². The lowest BCUT2D eigenvalue weighted by Gasteiger charge is -2.09. The Hall–Kier alpha value is -3.88. The molecule has 9 heteroatoms. The largest absolute Gasteiger partial charge is 0.347 e. The van der Waals surface area contributed by atoms with Crippen LogP contribution in [0.2, 0.25) is 0 Å². The second-order valence-corrected chi connectivity index (χ2v) is 8.68. The Morgan fingerprint density at radius 1 is 1.09 bits per heavy atom. The molecule has 0 spiro atoms. The monoisotopic (exact) mass is 456 g/mol. The Morgan fingerprint density at radius 3 is 2.56 bits per heavy atom. The predicted molar refractivity (Wildman–Crippen MR) is 128 cm³/mol. The highest BCUT2D eigenvalue weighted by Crippen LogP contribution is 2.30. The maximum absolute atomic E-state index is 12.7. The van der Waals surface area contributed by atoms with Crippen molar-refractivity contribution in [3.05, 3.63) is 65.7 Å². The number of nitrogens with one attached hydrogen (secondary N) is 2. The number of H-pyrrole nitrogens is 1. The number of aromatic nitrogens is 7. The summed E-state index contributed by atoms with van der Waals surface area (Å²) in [7, 11) is 0. The van der Waals surface area contributed by atoms with Crippen LogP contribution in [0.1, 0.15) is 61.0 Å². The van der Waals surface area contributed by atoms with E-state index in [4.69, 9.17) is 0 Å². The van der Waals surface area contributed by atoms with Crippen LogP contribution in [0.5, 0.6) is 0 Å². The summed E-state index contributed by atoms with van der Waals surface area (Å²) in [5, 5.41) is 22.0. The lowest BCUT2D eigenvalue weighted by molar-refractivity contribution is 0.0927. The van der Waals surface area contributed by atoms with E-state index in [9.17, 15) is 4.79 Å². The van der Waals surface area contributed by atoms with Gasteiger partial charge in [-0.15, -0.1) is 15.3 Å². The standard InChI is InChI=1S/C25H28N8O/c1-2-15-33-22(27-24(30-33)25(34)26-19-7-3-4-8-19)16-17-11-13-18(14-12-17)20-9-5-6-10-21(20)23-28-31-32-29-23/h5-6,9-14,19H,2-4,7-8,15-16H2,1H3,(H,26,34)(H,28,29,31,32). The minimum absolute atomic E-state index is 0.170. The van der Waals surface area contributed by atoms with Gasteiger partial charge in [0, 0.05) is 24.6 Å². The first-order valence-electron chi connectivity index (χ1n) is 11.9. The number of aromatic amines is 1. The predicted octanol–water partition coefficient (Wildman–Crippen LogP) is 3.80. The molecule has 1 saturated carbocycles. The van der Waals surface area contributed by atoms with Crippen LogP contribution < -0.4 is 5.32 Å². The minimum Gasteiger partial charge on any atom is -0.347 e. The fourth-order valence-electron chi connectivity index (χ4n) is 4.50. The van der Waals surface area contributed by atoms with Gasteiger partial charge in [0.15, 0.2) is 0 Å². The van der Waals surface area contributed by atoms with Crippen molar-refractivity contribution in [2.75, 3.05) is 0 Å². The van der Waals surface area contributed by atoms with Crippen LogP contribution in [0.3, 0.4) is 0 Å². The van der Waals surface area contributed by atoms with Crippen LogP contribution >= 0.6 is 0 Å². The summed E-state index contributed by atoms with van der Waals surface area (Å²) in [6.45, 7) is 2.83. The zero-order valence-corrected chi connectivity index (χ0v) is 19.2. The average Bonchev–Trinajstić information content (AvgIpc) is 3.63. The summed E-state index contributed by atoms with van der Waals surface area (Å²) in [5.41, 5.74) is 4.13. The number of hydrogen-bond donors (Lipinski definition) is 2. The van der Waals surface area contributed by atoms with Crippen LogP contribution in [0.4, 0.5) is 0 Å². The number of hydrogen-bond acceptors (Lipinski definition) is 6. The Balaban J connectivity index is 1.35. The molecule has 1 aliphatic rings. The molecule has 0 bridgehead atoms. The fourth-order valence-corrected chi connectivity index (χ4v) is 4.50. The number of amides is 1. The fraction of sp³-hybridized carbons (Fsp3) is 0.360. The molecule has 5 rings (SSSR count). The molecule has 2 aromatic carbocycles. The third-order valence-electron chi connectivity index (χ3n) is 6.22. The highest BCUT2D eigenvalue weighted by Gasteiger charge is 2.22. The van der Waals surface area contributed by atoms with Gasteiger partial charge < -0.3 is 5.32 Å². The number of nitrogens with zero attached hydrogens (tertiary/aromatic N) is 6. The average molecular weight is 457 g/mol. The van der Waals surface area contributed by atoms with Gasteiger partial charge in [-0.3, -0.25) is 4.79 Å². The van der Waals surface area contributed by atoms with E-state index in [1.807, 2.05) is 28.9 Å². The Labute approximate surface area is 198 Å². The molecule has 1 fully saturated rings. The molecule has 4 aromatic rings. The maximum Gasteiger partial charge on any atom is 0.291 e. The molecule has 34 heavy (non-hydrogen) atoms. The van der Waals surface area contributed by atoms with E-state index < -0.39 is 0 Å². The van der Waals surface area contributed by atoms with Gasteiger partial charge in [-0.25, -0.2) is 9.67 Å². The second-order valence-electron chi connectivity index (χ2n) is 8.68. The number of carbonyl (C=O) groups is 1. The van der Waals surface area contributed by atoms with Crippen molar-refractivity contribution in [2.24, 2.45) is 0 Å². The van der Waals surface area contributed by atoms with Crippen molar-refractivity contribution in [1.82, 2.24) is 40.7 Å². The van der Waals surface area contributed by atoms with Gasteiger partial charge in [0.05, 0.1) is 0 Å². The van der Waals surface area contributed by atoms with Crippen molar-refractivity contribution in [1.29, 1.82) is 0 Å². The van der Waals surface area contributed by atoms with E-state index >= 15 is 0 Å². The topological polar surface area (TPSA) is 114 Å². The molecule has 174 valence electrons.